The fourth-order valence-electron chi connectivity index (χ4n) is 1.22. The normalized spacial score (nSPS) is 9.29. The summed E-state index contributed by atoms with van der Waals surface area (Å²) < 4.78 is 26.5. The van der Waals surface area contributed by atoms with Crippen molar-refractivity contribution in [1.82, 2.24) is 0 Å². The molecule has 0 heterocycles. The van der Waals surface area contributed by atoms with Gasteiger partial charge < -0.3 is 0 Å². The molecule has 14 heavy (non-hydrogen) atoms. The monoisotopic (exact) mass is 192 g/mol. The van der Waals surface area contributed by atoms with Crippen molar-refractivity contribution in [3.8, 4) is 12.1 Å². The number of hydrogen-bond donors (Lipinski definition) is 0. The zero-order chi connectivity index (χ0) is 10.9. The smallest absolute Gasteiger partial charge is 0.148 e. The molecule has 1 rings (SSSR count). The molecule has 0 radical (unpaired) electrons. The SMILES string of the molecule is Cc1c(F)c(C)c(C#N)c(C#N)c1F. The lowest BCUT2D eigenvalue weighted by Crippen LogP contribution is -2.02. The van der Waals surface area contributed by atoms with Gasteiger partial charge in [0.2, 0.25) is 0 Å². The lowest BCUT2D eigenvalue weighted by atomic mass is 9.99. The Morgan fingerprint density at radius 3 is 1.79 bits per heavy atom. The summed E-state index contributed by atoms with van der Waals surface area (Å²) in [7, 11) is 0. The highest BCUT2D eigenvalue weighted by Crippen LogP contribution is 2.23. The summed E-state index contributed by atoms with van der Waals surface area (Å²) in [5, 5.41) is 17.2. The fraction of sp³-hybridized carbons (Fsp3) is 0.200. The summed E-state index contributed by atoms with van der Waals surface area (Å²) in [5.41, 5.74) is -0.821. The van der Waals surface area contributed by atoms with Crippen molar-refractivity contribution >= 4 is 0 Å². The Balaban J connectivity index is 3.79. The van der Waals surface area contributed by atoms with E-state index in [-0.39, 0.29) is 22.3 Å². The number of nitriles is 2. The van der Waals surface area contributed by atoms with Crippen LogP contribution in [0.1, 0.15) is 22.3 Å². The molecule has 70 valence electrons. The second kappa shape index (κ2) is 3.43. The van der Waals surface area contributed by atoms with Gasteiger partial charge in [-0.05, 0) is 13.8 Å². The van der Waals surface area contributed by atoms with Crippen molar-refractivity contribution in [2.45, 2.75) is 13.8 Å². The summed E-state index contributed by atoms with van der Waals surface area (Å²) in [6, 6.07) is 3.18. The minimum Gasteiger partial charge on any atom is -0.206 e. The van der Waals surface area contributed by atoms with E-state index in [1.165, 1.54) is 13.8 Å². The predicted molar refractivity (Wildman–Crippen MR) is 45.3 cm³/mol. The summed E-state index contributed by atoms with van der Waals surface area (Å²) in [4.78, 5) is 0. The largest absolute Gasteiger partial charge is 0.206 e. The molecule has 1 aromatic carbocycles. The van der Waals surface area contributed by atoms with Crippen LogP contribution in [0.3, 0.4) is 0 Å². The predicted octanol–water partition coefficient (Wildman–Crippen LogP) is 2.33. The minimum atomic E-state index is -0.952. The van der Waals surface area contributed by atoms with Crippen LogP contribution in [0.15, 0.2) is 0 Å². The van der Waals surface area contributed by atoms with Gasteiger partial charge >= 0.3 is 0 Å². The minimum absolute atomic E-state index is 0.0166. The molecule has 1 aromatic rings. The zero-order valence-electron chi connectivity index (χ0n) is 7.65. The molecule has 0 N–H and O–H groups in total. The van der Waals surface area contributed by atoms with Crippen LogP contribution >= 0.6 is 0 Å². The van der Waals surface area contributed by atoms with Crippen LogP contribution < -0.4 is 0 Å². The molecular weight excluding hydrogens is 186 g/mol. The molecule has 0 saturated carbocycles. The van der Waals surface area contributed by atoms with Gasteiger partial charge in [-0.25, -0.2) is 8.78 Å². The van der Waals surface area contributed by atoms with Crippen molar-refractivity contribution < 1.29 is 8.78 Å². The van der Waals surface area contributed by atoms with E-state index < -0.39 is 11.6 Å². The number of nitrogens with zero attached hydrogens (tertiary/aromatic N) is 2. The third kappa shape index (κ3) is 1.22. The van der Waals surface area contributed by atoms with Gasteiger partial charge in [-0.15, -0.1) is 0 Å². The molecule has 4 heteroatoms. The van der Waals surface area contributed by atoms with E-state index in [4.69, 9.17) is 10.5 Å². The van der Waals surface area contributed by atoms with Gasteiger partial charge in [0.05, 0.1) is 5.56 Å². The molecular formula is C10H6F2N2. The lowest BCUT2D eigenvalue weighted by molar-refractivity contribution is 0.559. The molecule has 0 amide bonds. The van der Waals surface area contributed by atoms with Gasteiger partial charge in [-0.2, -0.15) is 10.5 Å². The molecule has 0 fully saturated rings. The fourth-order valence-corrected chi connectivity index (χ4v) is 1.22. The molecule has 0 aromatic heterocycles. The first-order chi connectivity index (χ1) is 6.54. The standard InChI is InChI=1S/C10H6F2N2/c1-5-7(3-13)8(4-14)10(12)6(2)9(5)11/h1-2H3. The average Bonchev–Trinajstić information content (AvgIpc) is 2.20. The van der Waals surface area contributed by atoms with E-state index in [0.29, 0.717) is 0 Å². The summed E-state index contributed by atoms with van der Waals surface area (Å²) in [6.07, 6.45) is 0. The van der Waals surface area contributed by atoms with Crippen molar-refractivity contribution in [3.63, 3.8) is 0 Å². The molecule has 0 spiro atoms. The van der Waals surface area contributed by atoms with E-state index in [0.717, 1.165) is 0 Å². The highest BCUT2D eigenvalue weighted by atomic mass is 19.1. The van der Waals surface area contributed by atoms with Crippen molar-refractivity contribution in [2.24, 2.45) is 0 Å². The van der Waals surface area contributed by atoms with Crippen molar-refractivity contribution in [2.75, 3.05) is 0 Å². The molecule has 2 nitrogen and oxygen atoms in total. The van der Waals surface area contributed by atoms with E-state index in [2.05, 4.69) is 0 Å². The van der Waals surface area contributed by atoms with Gasteiger partial charge in [0.1, 0.15) is 29.3 Å². The lowest BCUT2D eigenvalue weighted by Gasteiger charge is -2.06. The molecule has 0 atom stereocenters. The van der Waals surface area contributed by atoms with Gasteiger partial charge in [-0.1, -0.05) is 0 Å². The number of hydrogen-bond acceptors (Lipinski definition) is 2. The van der Waals surface area contributed by atoms with Crippen molar-refractivity contribution in [1.29, 1.82) is 10.5 Å². The van der Waals surface area contributed by atoms with Gasteiger partial charge in [0, 0.05) is 11.1 Å². The highest BCUT2D eigenvalue weighted by Gasteiger charge is 2.19. The third-order valence-electron chi connectivity index (χ3n) is 2.06. The molecule has 0 aliphatic rings. The second-order valence-electron chi connectivity index (χ2n) is 2.85. The topological polar surface area (TPSA) is 47.6 Å². The van der Waals surface area contributed by atoms with E-state index in [1.807, 2.05) is 0 Å². The van der Waals surface area contributed by atoms with E-state index in [9.17, 15) is 8.78 Å². The van der Waals surface area contributed by atoms with Gasteiger partial charge in [-0.3, -0.25) is 0 Å². The van der Waals surface area contributed by atoms with Crippen LogP contribution in [0.4, 0.5) is 8.78 Å². The molecule has 0 aliphatic heterocycles. The highest BCUT2D eigenvalue weighted by molar-refractivity contribution is 5.53. The van der Waals surface area contributed by atoms with E-state index in [1.54, 1.807) is 12.1 Å². The Bertz CT molecular complexity index is 434. The van der Waals surface area contributed by atoms with E-state index >= 15 is 0 Å². The summed E-state index contributed by atoms with van der Waals surface area (Å²) in [6.45, 7) is 2.58. The molecule has 0 unspecified atom stereocenters. The maximum Gasteiger partial charge on any atom is 0.148 e. The summed E-state index contributed by atoms with van der Waals surface area (Å²) >= 11 is 0. The van der Waals surface area contributed by atoms with Crippen LogP contribution in [-0.4, -0.2) is 0 Å². The first kappa shape index (κ1) is 10.1. The zero-order valence-corrected chi connectivity index (χ0v) is 7.65. The van der Waals surface area contributed by atoms with Crippen LogP contribution in [0.5, 0.6) is 0 Å². The maximum absolute atomic E-state index is 13.3. The average molecular weight is 192 g/mol. The Morgan fingerprint density at radius 2 is 1.36 bits per heavy atom. The number of halogens is 2. The summed E-state index contributed by atoms with van der Waals surface area (Å²) in [5.74, 6) is -1.72. The first-order valence-corrected chi connectivity index (χ1v) is 3.83. The van der Waals surface area contributed by atoms with Crippen LogP contribution in [0.25, 0.3) is 0 Å². The third-order valence-corrected chi connectivity index (χ3v) is 2.06. The quantitative estimate of drug-likeness (QED) is 0.633. The van der Waals surface area contributed by atoms with Gasteiger partial charge in [0.25, 0.3) is 0 Å². The van der Waals surface area contributed by atoms with Crippen LogP contribution in [0, 0.1) is 48.1 Å². The second-order valence-corrected chi connectivity index (χ2v) is 2.85. The van der Waals surface area contributed by atoms with Crippen LogP contribution in [-0.2, 0) is 0 Å². The molecule has 0 aliphatic carbocycles. The molecule has 0 saturated heterocycles. The Kier molecular flexibility index (Phi) is 2.49. The van der Waals surface area contributed by atoms with Gasteiger partial charge in [0.15, 0.2) is 0 Å². The maximum atomic E-state index is 13.3. The molecule has 0 bridgehead atoms. The first-order valence-electron chi connectivity index (χ1n) is 3.83. The Hall–Kier alpha value is -1.94. The number of rotatable bonds is 0. The van der Waals surface area contributed by atoms with Crippen molar-refractivity contribution in [3.05, 3.63) is 33.9 Å². The van der Waals surface area contributed by atoms with Crippen LogP contribution in [0.2, 0.25) is 0 Å². The Labute approximate surface area is 80.0 Å². The number of benzene rings is 1. The Morgan fingerprint density at radius 1 is 0.857 bits per heavy atom.